The van der Waals surface area contributed by atoms with E-state index in [1.165, 1.54) is 23.9 Å². The lowest BCUT2D eigenvalue weighted by Crippen LogP contribution is -2.68. The highest BCUT2D eigenvalue weighted by atomic mass is 35.5. The van der Waals surface area contributed by atoms with Crippen LogP contribution in [0.2, 0.25) is 5.02 Å². The maximum atomic E-state index is 13.4. The summed E-state index contributed by atoms with van der Waals surface area (Å²) in [5.41, 5.74) is -2.74. The van der Waals surface area contributed by atoms with Gasteiger partial charge in [0.2, 0.25) is 5.88 Å². The predicted molar refractivity (Wildman–Crippen MR) is 104 cm³/mol. The second-order valence-corrected chi connectivity index (χ2v) is 7.83. The lowest BCUT2D eigenvalue weighted by atomic mass is 9.77. The molecule has 152 valence electrons. The molecular weight excluding hydrogens is 400 g/mol. The summed E-state index contributed by atoms with van der Waals surface area (Å²) >= 11 is 6.17. The molecule has 9 nitrogen and oxygen atoms in total. The van der Waals surface area contributed by atoms with Crippen LogP contribution < -0.4 is 16.0 Å². The Kier molecular flexibility index (Phi) is 4.13. The minimum atomic E-state index is -2.04. The van der Waals surface area contributed by atoms with Crippen molar-refractivity contribution in [3.8, 4) is 5.88 Å². The van der Waals surface area contributed by atoms with Crippen LogP contribution in [-0.4, -0.2) is 57.1 Å². The monoisotopic (exact) mass is 418 g/mol. The van der Waals surface area contributed by atoms with E-state index in [1.807, 2.05) is 0 Å². The van der Waals surface area contributed by atoms with Crippen molar-refractivity contribution in [3.05, 3.63) is 61.3 Å². The van der Waals surface area contributed by atoms with Gasteiger partial charge < -0.3 is 14.5 Å². The summed E-state index contributed by atoms with van der Waals surface area (Å²) in [6.07, 6.45) is 0. The summed E-state index contributed by atoms with van der Waals surface area (Å²) < 4.78 is 8.05. The standard InChI is InChI=1S/C19H19ClN4O5/c1-21-9-22(2)17(27)19(16(21)26)13(10-6-5-7-11(20)8-10)12-14(25)23(3)18(28)24(4)15(12)29-19/h5-8,13H,9H2,1-4H3. The average molecular weight is 419 g/mol. The van der Waals surface area contributed by atoms with E-state index in [1.54, 1.807) is 38.4 Å². The first kappa shape index (κ1) is 19.3. The van der Waals surface area contributed by atoms with Gasteiger partial charge in [-0.05, 0) is 17.7 Å². The Bertz CT molecular complexity index is 1160. The first-order valence-corrected chi connectivity index (χ1v) is 9.24. The van der Waals surface area contributed by atoms with E-state index in [4.69, 9.17) is 16.3 Å². The van der Waals surface area contributed by atoms with Gasteiger partial charge in [-0.25, -0.2) is 4.79 Å². The zero-order valence-electron chi connectivity index (χ0n) is 16.3. The van der Waals surface area contributed by atoms with Gasteiger partial charge in [0.15, 0.2) is 0 Å². The van der Waals surface area contributed by atoms with Crippen LogP contribution in [0, 0.1) is 0 Å². The van der Waals surface area contributed by atoms with Crippen molar-refractivity contribution in [2.75, 3.05) is 20.8 Å². The maximum Gasteiger partial charge on any atom is 0.333 e. The van der Waals surface area contributed by atoms with Gasteiger partial charge >= 0.3 is 5.69 Å². The molecule has 0 radical (unpaired) electrons. The van der Waals surface area contributed by atoms with E-state index in [0.717, 1.165) is 9.13 Å². The van der Waals surface area contributed by atoms with Crippen LogP contribution >= 0.6 is 11.6 Å². The van der Waals surface area contributed by atoms with Crippen LogP contribution in [0.15, 0.2) is 33.9 Å². The number of nitrogens with zero attached hydrogens (tertiary/aromatic N) is 4. The molecule has 1 saturated heterocycles. The Labute approximate surface area is 170 Å². The van der Waals surface area contributed by atoms with Gasteiger partial charge in [-0.15, -0.1) is 0 Å². The van der Waals surface area contributed by atoms with E-state index in [2.05, 4.69) is 0 Å². The lowest BCUT2D eigenvalue weighted by Gasteiger charge is -2.43. The summed E-state index contributed by atoms with van der Waals surface area (Å²) in [7, 11) is 5.87. The molecule has 2 aromatic rings. The first-order valence-electron chi connectivity index (χ1n) is 8.86. The van der Waals surface area contributed by atoms with Gasteiger partial charge in [-0.2, -0.15) is 0 Å². The number of carbonyl (C=O) groups excluding carboxylic acids is 2. The van der Waals surface area contributed by atoms with E-state index in [-0.39, 0.29) is 18.1 Å². The third kappa shape index (κ3) is 2.40. The number of ether oxygens (including phenoxy) is 1. The Hall–Kier alpha value is -3.07. The van der Waals surface area contributed by atoms with Gasteiger partial charge in [0.25, 0.3) is 23.0 Å². The summed E-state index contributed by atoms with van der Waals surface area (Å²) in [6.45, 7) is 0.0817. The molecular formula is C19H19ClN4O5. The van der Waals surface area contributed by atoms with Crippen LogP contribution in [0.5, 0.6) is 5.88 Å². The van der Waals surface area contributed by atoms with Crippen LogP contribution in [-0.2, 0) is 23.7 Å². The number of hydrogen-bond acceptors (Lipinski definition) is 5. The highest BCUT2D eigenvalue weighted by molar-refractivity contribution is 6.30. The second kappa shape index (κ2) is 6.21. The van der Waals surface area contributed by atoms with Crippen molar-refractivity contribution in [2.24, 2.45) is 14.1 Å². The third-order valence-electron chi connectivity index (χ3n) is 5.53. The fraction of sp³-hybridized carbons (Fsp3) is 0.368. The molecule has 1 aromatic heterocycles. The minimum Gasteiger partial charge on any atom is -0.450 e. The van der Waals surface area contributed by atoms with Crippen LogP contribution in [0.4, 0.5) is 0 Å². The van der Waals surface area contributed by atoms with Crippen molar-refractivity contribution >= 4 is 23.4 Å². The first-order chi connectivity index (χ1) is 13.6. The molecule has 2 amide bonds. The predicted octanol–water partition coefficient (Wildman–Crippen LogP) is -0.112. The quantitative estimate of drug-likeness (QED) is 0.602. The van der Waals surface area contributed by atoms with Crippen molar-refractivity contribution in [3.63, 3.8) is 0 Å². The molecule has 0 bridgehead atoms. The van der Waals surface area contributed by atoms with Gasteiger partial charge in [-0.1, -0.05) is 23.7 Å². The number of rotatable bonds is 1. The van der Waals surface area contributed by atoms with Crippen LogP contribution in [0.1, 0.15) is 17.0 Å². The molecule has 1 spiro atoms. The van der Waals surface area contributed by atoms with Crippen molar-refractivity contribution in [1.82, 2.24) is 18.9 Å². The molecule has 29 heavy (non-hydrogen) atoms. The van der Waals surface area contributed by atoms with E-state index in [9.17, 15) is 19.2 Å². The van der Waals surface area contributed by atoms with E-state index >= 15 is 0 Å². The number of halogens is 1. The fourth-order valence-corrected chi connectivity index (χ4v) is 4.36. The Morgan fingerprint density at radius 2 is 1.62 bits per heavy atom. The molecule has 0 N–H and O–H groups in total. The molecule has 1 aromatic carbocycles. The summed E-state index contributed by atoms with van der Waals surface area (Å²) in [6, 6.07) is 6.58. The zero-order valence-corrected chi connectivity index (χ0v) is 17.1. The van der Waals surface area contributed by atoms with Crippen molar-refractivity contribution in [2.45, 2.75) is 11.5 Å². The summed E-state index contributed by atoms with van der Waals surface area (Å²) in [4.78, 5) is 55.0. The number of carbonyl (C=O) groups is 2. The molecule has 1 fully saturated rings. The van der Waals surface area contributed by atoms with Gasteiger partial charge in [0, 0.05) is 33.2 Å². The zero-order chi connectivity index (χ0) is 21.2. The van der Waals surface area contributed by atoms with E-state index in [0.29, 0.717) is 10.6 Å². The summed E-state index contributed by atoms with van der Waals surface area (Å²) in [5.74, 6) is -2.33. The number of amides is 2. The Morgan fingerprint density at radius 3 is 2.21 bits per heavy atom. The van der Waals surface area contributed by atoms with Crippen LogP contribution in [0.25, 0.3) is 0 Å². The third-order valence-corrected chi connectivity index (χ3v) is 5.77. The SMILES string of the molecule is CN1CN(C)C(=O)C2(Oc3c(c(=O)n(C)c(=O)n3C)C2c2cccc(Cl)c2)C1=O. The number of hydrogen-bond donors (Lipinski definition) is 0. The van der Waals surface area contributed by atoms with Gasteiger partial charge in [0.05, 0.1) is 18.2 Å². The summed E-state index contributed by atoms with van der Waals surface area (Å²) in [5, 5.41) is 0.380. The van der Waals surface area contributed by atoms with Crippen LogP contribution in [0.3, 0.4) is 0 Å². The molecule has 1 atom stereocenters. The van der Waals surface area contributed by atoms with Gasteiger partial charge in [-0.3, -0.25) is 23.5 Å². The average Bonchev–Trinajstić information content (AvgIpc) is 3.05. The molecule has 4 rings (SSSR count). The molecule has 10 heteroatoms. The highest BCUT2D eigenvalue weighted by Gasteiger charge is 2.66. The van der Waals surface area contributed by atoms with Crippen molar-refractivity contribution < 1.29 is 14.3 Å². The number of likely N-dealkylation sites (N-methyl/N-ethyl adjacent to an activating group) is 2. The highest BCUT2D eigenvalue weighted by Crippen LogP contribution is 2.49. The Morgan fingerprint density at radius 1 is 1.00 bits per heavy atom. The lowest BCUT2D eigenvalue weighted by molar-refractivity contribution is -0.172. The number of benzene rings is 1. The topological polar surface area (TPSA) is 93.8 Å². The van der Waals surface area contributed by atoms with E-state index < -0.39 is 34.6 Å². The molecule has 0 aliphatic carbocycles. The molecule has 2 aliphatic heterocycles. The molecule has 2 aliphatic rings. The van der Waals surface area contributed by atoms with Gasteiger partial charge in [0.1, 0.15) is 0 Å². The Balaban J connectivity index is 2.13. The number of aromatic nitrogens is 2. The second-order valence-electron chi connectivity index (χ2n) is 7.40. The fourth-order valence-electron chi connectivity index (χ4n) is 4.16. The number of fused-ring (bicyclic) bond motifs is 1. The van der Waals surface area contributed by atoms with Crippen molar-refractivity contribution in [1.29, 1.82) is 0 Å². The molecule has 1 unspecified atom stereocenters. The largest absolute Gasteiger partial charge is 0.450 e. The molecule has 3 heterocycles. The smallest absolute Gasteiger partial charge is 0.333 e. The minimum absolute atomic E-state index is 0.0715. The maximum absolute atomic E-state index is 13.4. The molecule has 0 saturated carbocycles. The normalized spacial score (nSPS) is 20.2.